The number of unbranched alkanes of at least 4 members (excludes halogenated alkanes) is 1. The van der Waals surface area contributed by atoms with E-state index in [2.05, 4.69) is 32.8 Å². The first-order chi connectivity index (χ1) is 9.38. The van der Waals surface area contributed by atoms with Crippen LogP contribution in [0.2, 0.25) is 0 Å². The molecule has 3 N–H and O–H groups in total. The maximum Gasteiger partial charge on any atom is 0.131 e. The van der Waals surface area contributed by atoms with Crippen LogP contribution in [-0.4, -0.2) is 36.1 Å². The van der Waals surface area contributed by atoms with Gasteiger partial charge < -0.3 is 16.0 Å². The summed E-state index contributed by atoms with van der Waals surface area (Å²) in [7, 11) is 0. The molecule has 5 nitrogen and oxygen atoms in total. The highest BCUT2D eigenvalue weighted by Gasteiger charge is 2.12. The molecule has 0 radical (unpaired) electrons. The first-order valence-electron chi connectivity index (χ1n) is 7.39. The second kappa shape index (κ2) is 7.94. The highest BCUT2D eigenvalue weighted by Crippen LogP contribution is 2.13. The Morgan fingerprint density at radius 3 is 2.89 bits per heavy atom. The van der Waals surface area contributed by atoms with Gasteiger partial charge >= 0.3 is 0 Å². The SMILES string of the molecule is CCCCNc1cc(NCC2CCCNC2)ncn1. The molecule has 0 amide bonds. The number of nitrogens with one attached hydrogen (secondary N) is 3. The number of aromatic nitrogens is 2. The lowest BCUT2D eigenvalue weighted by Crippen LogP contribution is -2.33. The molecule has 1 aromatic rings. The molecule has 0 saturated carbocycles. The third kappa shape index (κ3) is 5.03. The zero-order valence-corrected chi connectivity index (χ0v) is 11.8. The van der Waals surface area contributed by atoms with Gasteiger partial charge in [-0.3, -0.25) is 0 Å². The number of nitrogens with zero attached hydrogens (tertiary/aromatic N) is 2. The molecule has 2 rings (SSSR count). The Labute approximate surface area is 115 Å². The minimum Gasteiger partial charge on any atom is -0.370 e. The minimum atomic E-state index is 0.709. The van der Waals surface area contributed by atoms with Crippen LogP contribution in [0, 0.1) is 5.92 Å². The summed E-state index contributed by atoms with van der Waals surface area (Å²) in [5, 5.41) is 10.2. The summed E-state index contributed by atoms with van der Waals surface area (Å²) >= 11 is 0. The lowest BCUT2D eigenvalue weighted by Gasteiger charge is -2.23. The molecule has 1 saturated heterocycles. The predicted octanol–water partition coefficient (Wildman–Crippen LogP) is 2.10. The van der Waals surface area contributed by atoms with E-state index in [1.165, 1.54) is 25.7 Å². The fourth-order valence-electron chi connectivity index (χ4n) is 2.29. The van der Waals surface area contributed by atoms with Crippen molar-refractivity contribution in [1.82, 2.24) is 15.3 Å². The Bertz CT molecular complexity index is 363. The number of piperidine rings is 1. The Morgan fingerprint density at radius 2 is 2.16 bits per heavy atom. The topological polar surface area (TPSA) is 61.9 Å². The minimum absolute atomic E-state index is 0.709. The van der Waals surface area contributed by atoms with Crippen LogP contribution < -0.4 is 16.0 Å². The third-order valence-corrected chi connectivity index (χ3v) is 3.47. The molecule has 1 fully saturated rings. The normalized spacial score (nSPS) is 19.1. The van der Waals surface area contributed by atoms with Crippen LogP contribution in [0.25, 0.3) is 0 Å². The van der Waals surface area contributed by atoms with E-state index in [0.29, 0.717) is 5.92 Å². The zero-order chi connectivity index (χ0) is 13.3. The van der Waals surface area contributed by atoms with Gasteiger partial charge in [0.15, 0.2) is 0 Å². The van der Waals surface area contributed by atoms with Gasteiger partial charge in [-0.15, -0.1) is 0 Å². The number of anilines is 2. The standard InChI is InChI=1S/C14H25N5/c1-2-3-7-16-13-8-14(19-11-18-13)17-10-12-5-4-6-15-9-12/h8,11-12,15H,2-7,9-10H2,1H3,(H2,16,17,18,19). The van der Waals surface area contributed by atoms with Gasteiger partial charge in [0.2, 0.25) is 0 Å². The second-order valence-electron chi connectivity index (χ2n) is 5.16. The van der Waals surface area contributed by atoms with Crippen LogP contribution in [-0.2, 0) is 0 Å². The monoisotopic (exact) mass is 263 g/mol. The van der Waals surface area contributed by atoms with Gasteiger partial charge in [0.1, 0.15) is 18.0 Å². The van der Waals surface area contributed by atoms with E-state index in [4.69, 9.17) is 0 Å². The third-order valence-electron chi connectivity index (χ3n) is 3.47. The van der Waals surface area contributed by atoms with Gasteiger partial charge in [0.25, 0.3) is 0 Å². The molecule has 19 heavy (non-hydrogen) atoms. The van der Waals surface area contributed by atoms with Crippen molar-refractivity contribution in [1.29, 1.82) is 0 Å². The fourth-order valence-corrected chi connectivity index (χ4v) is 2.29. The summed E-state index contributed by atoms with van der Waals surface area (Å²) in [4.78, 5) is 8.50. The molecule has 2 heterocycles. The number of hydrogen-bond donors (Lipinski definition) is 3. The van der Waals surface area contributed by atoms with E-state index in [-0.39, 0.29) is 0 Å². The Hall–Kier alpha value is -1.36. The molecule has 0 aliphatic carbocycles. The van der Waals surface area contributed by atoms with Crippen molar-refractivity contribution >= 4 is 11.6 Å². The van der Waals surface area contributed by atoms with Crippen LogP contribution >= 0.6 is 0 Å². The number of rotatable bonds is 7. The van der Waals surface area contributed by atoms with E-state index in [0.717, 1.165) is 37.8 Å². The molecule has 0 spiro atoms. The second-order valence-corrected chi connectivity index (χ2v) is 5.16. The van der Waals surface area contributed by atoms with E-state index in [1.807, 2.05) is 6.07 Å². The van der Waals surface area contributed by atoms with Crippen LogP contribution in [0.4, 0.5) is 11.6 Å². The maximum atomic E-state index is 4.27. The van der Waals surface area contributed by atoms with Gasteiger partial charge in [-0.1, -0.05) is 13.3 Å². The Kier molecular flexibility index (Phi) is 5.88. The fraction of sp³-hybridized carbons (Fsp3) is 0.714. The van der Waals surface area contributed by atoms with Gasteiger partial charge in [-0.25, -0.2) is 9.97 Å². The molecule has 106 valence electrons. The lowest BCUT2D eigenvalue weighted by atomic mass is 10.00. The smallest absolute Gasteiger partial charge is 0.131 e. The Morgan fingerprint density at radius 1 is 1.32 bits per heavy atom. The van der Waals surface area contributed by atoms with Crippen molar-refractivity contribution in [2.75, 3.05) is 36.8 Å². The van der Waals surface area contributed by atoms with E-state index in [9.17, 15) is 0 Å². The van der Waals surface area contributed by atoms with Crippen LogP contribution in [0.3, 0.4) is 0 Å². The summed E-state index contributed by atoms with van der Waals surface area (Å²) in [6.45, 7) is 6.42. The summed E-state index contributed by atoms with van der Waals surface area (Å²) in [6, 6.07) is 1.99. The first kappa shape index (κ1) is 14.1. The van der Waals surface area contributed by atoms with Crippen molar-refractivity contribution in [3.8, 4) is 0 Å². The predicted molar refractivity (Wildman–Crippen MR) is 79.5 cm³/mol. The van der Waals surface area contributed by atoms with E-state index < -0.39 is 0 Å². The van der Waals surface area contributed by atoms with Crippen molar-refractivity contribution < 1.29 is 0 Å². The van der Waals surface area contributed by atoms with E-state index in [1.54, 1.807) is 6.33 Å². The number of hydrogen-bond acceptors (Lipinski definition) is 5. The summed E-state index contributed by atoms with van der Waals surface area (Å²) < 4.78 is 0. The average molecular weight is 263 g/mol. The van der Waals surface area contributed by atoms with Gasteiger partial charge in [0.05, 0.1) is 0 Å². The van der Waals surface area contributed by atoms with E-state index >= 15 is 0 Å². The quantitative estimate of drug-likeness (QED) is 0.658. The molecular weight excluding hydrogens is 238 g/mol. The molecule has 1 unspecified atom stereocenters. The average Bonchev–Trinajstić information content (AvgIpc) is 2.47. The van der Waals surface area contributed by atoms with Crippen molar-refractivity contribution in [3.05, 3.63) is 12.4 Å². The van der Waals surface area contributed by atoms with Crippen LogP contribution in [0.15, 0.2) is 12.4 Å². The molecular formula is C14H25N5. The molecule has 1 aliphatic heterocycles. The molecule has 0 aromatic carbocycles. The van der Waals surface area contributed by atoms with Crippen molar-refractivity contribution in [2.45, 2.75) is 32.6 Å². The van der Waals surface area contributed by atoms with Gasteiger partial charge in [-0.2, -0.15) is 0 Å². The van der Waals surface area contributed by atoms with Gasteiger partial charge in [0, 0.05) is 19.2 Å². The summed E-state index contributed by atoms with van der Waals surface area (Å²) in [5.74, 6) is 2.53. The lowest BCUT2D eigenvalue weighted by molar-refractivity contribution is 0.392. The summed E-state index contributed by atoms with van der Waals surface area (Å²) in [5.41, 5.74) is 0. The van der Waals surface area contributed by atoms with Gasteiger partial charge in [-0.05, 0) is 38.3 Å². The molecule has 0 bridgehead atoms. The largest absolute Gasteiger partial charge is 0.370 e. The Balaban J connectivity index is 1.77. The van der Waals surface area contributed by atoms with Crippen LogP contribution in [0.5, 0.6) is 0 Å². The highest BCUT2D eigenvalue weighted by atomic mass is 15.1. The molecule has 1 aromatic heterocycles. The summed E-state index contributed by atoms with van der Waals surface area (Å²) in [6.07, 6.45) is 6.56. The maximum absolute atomic E-state index is 4.27. The highest BCUT2D eigenvalue weighted by molar-refractivity contribution is 5.46. The molecule has 5 heteroatoms. The first-order valence-corrected chi connectivity index (χ1v) is 7.39. The van der Waals surface area contributed by atoms with Crippen molar-refractivity contribution in [3.63, 3.8) is 0 Å². The van der Waals surface area contributed by atoms with Crippen LogP contribution in [0.1, 0.15) is 32.6 Å². The molecule has 1 aliphatic rings. The zero-order valence-electron chi connectivity index (χ0n) is 11.8. The molecule has 1 atom stereocenters. The van der Waals surface area contributed by atoms with Crippen molar-refractivity contribution in [2.24, 2.45) is 5.92 Å².